The number of anilines is 1. The average molecular weight is 541 g/mol. The van der Waals surface area contributed by atoms with E-state index in [-0.39, 0.29) is 23.7 Å². The highest BCUT2D eigenvalue weighted by molar-refractivity contribution is 7.92. The summed E-state index contributed by atoms with van der Waals surface area (Å²) < 4.78 is 31.4. The molecule has 2 aromatic carbocycles. The van der Waals surface area contributed by atoms with Crippen LogP contribution in [-0.4, -0.2) is 62.6 Å². The van der Waals surface area contributed by atoms with Gasteiger partial charge in [-0.1, -0.05) is 36.7 Å². The minimum absolute atomic E-state index is 0.0187. The Morgan fingerprint density at radius 1 is 1.22 bits per heavy atom. The molecule has 0 aliphatic rings. The van der Waals surface area contributed by atoms with Crippen molar-refractivity contribution in [1.29, 1.82) is 0 Å². The van der Waals surface area contributed by atoms with Crippen molar-refractivity contribution < 1.29 is 27.7 Å². The lowest BCUT2D eigenvalue weighted by molar-refractivity contribution is -0.384. The Hall–Kier alpha value is -3.38. The maximum atomic E-state index is 13.5. The van der Waals surface area contributed by atoms with E-state index in [0.717, 1.165) is 22.7 Å². The fourth-order valence-electron chi connectivity index (χ4n) is 3.37. The van der Waals surface area contributed by atoms with Crippen LogP contribution < -0.4 is 14.4 Å². The zero-order chi connectivity index (χ0) is 27.0. The van der Waals surface area contributed by atoms with Gasteiger partial charge < -0.3 is 15.0 Å². The summed E-state index contributed by atoms with van der Waals surface area (Å²) in [5.41, 5.74) is -0.00282. The van der Waals surface area contributed by atoms with Gasteiger partial charge >= 0.3 is 0 Å². The number of nitro benzene ring substituents is 1. The molecule has 0 spiro atoms. The Kier molecular flexibility index (Phi) is 10.1. The van der Waals surface area contributed by atoms with E-state index >= 15 is 0 Å². The van der Waals surface area contributed by atoms with E-state index in [0.29, 0.717) is 23.6 Å². The summed E-state index contributed by atoms with van der Waals surface area (Å²) in [5, 5.41) is 14.4. The molecule has 0 radical (unpaired) electrons. The molecule has 0 unspecified atom stereocenters. The molecule has 0 aliphatic carbocycles. The first-order chi connectivity index (χ1) is 16.9. The molecule has 1 atom stereocenters. The molecule has 0 fully saturated rings. The SMILES string of the molecule is CCCNC(=O)[C@@H](C)N(Cc1ccccc1Cl)C(=O)CN(c1cc([N+](=O)[O-])ccc1OC)S(C)(=O)=O. The predicted molar refractivity (Wildman–Crippen MR) is 137 cm³/mol. The van der Waals surface area contributed by atoms with E-state index in [4.69, 9.17) is 16.3 Å². The lowest BCUT2D eigenvalue weighted by Gasteiger charge is -2.32. The predicted octanol–water partition coefficient (Wildman–Crippen LogP) is 2.97. The third-order valence-electron chi connectivity index (χ3n) is 5.34. The first-order valence-corrected chi connectivity index (χ1v) is 13.2. The zero-order valence-electron chi connectivity index (χ0n) is 20.4. The maximum absolute atomic E-state index is 13.5. The smallest absolute Gasteiger partial charge is 0.271 e. The molecular formula is C23H29ClN4O7S. The van der Waals surface area contributed by atoms with Crippen LogP contribution >= 0.6 is 11.6 Å². The average Bonchev–Trinajstić information content (AvgIpc) is 2.83. The highest BCUT2D eigenvalue weighted by atomic mass is 35.5. The largest absolute Gasteiger partial charge is 0.495 e. The van der Waals surface area contributed by atoms with Gasteiger partial charge in [0.2, 0.25) is 21.8 Å². The minimum atomic E-state index is -4.11. The van der Waals surface area contributed by atoms with E-state index in [2.05, 4.69) is 5.32 Å². The number of hydrogen-bond acceptors (Lipinski definition) is 7. The van der Waals surface area contributed by atoms with Gasteiger partial charge in [-0.3, -0.25) is 24.0 Å². The second kappa shape index (κ2) is 12.5. The number of carbonyl (C=O) groups is 2. The Balaban J connectivity index is 2.51. The van der Waals surface area contributed by atoms with Crippen molar-refractivity contribution in [2.24, 2.45) is 0 Å². The molecule has 1 N–H and O–H groups in total. The molecule has 196 valence electrons. The van der Waals surface area contributed by atoms with Crippen LogP contribution in [0.5, 0.6) is 5.75 Å². The van der Waals surface area contributed by atoms with Gasteiger partial charge in [0.25, 0.3) is 5.69 Å². The highest BCUT2D eigenvalue weighted by Crippen LogP contribution is 2.34. The number of sulfonamides is 1. The third-order valence-corrected chi connectivity index (χ3v) is 6.83. The number of nitrogens with one attached hydrogen (secondary N) is 1. The Labute approximate surface area is 215 Å². The van der Waals surface area contributed by atoms with Crippen LogP contribution in [0.15, 0.2) is 42.5 Å². The summed E-state index contributed by atoms with van der Waals surface area (Å²) in [6.07, 6.45) is 1.56. The second-order valence-electron chi connectivity index (χ2n) is 7.96. The number of amides is 2. The molecule has 11 nitrogen and oxygen atoms in total. The minimum Gasteiger partial charge on any atom is -0.495 e. The number of non-ortho nitro benzene ring substituents is 1. The van der Waals surface area contributed by atoms with Crippen LogP contribution in [-0.2, 0) is 26.2 Å². The highest BCUT2D eigenvalue weighted by Gasteiger charge is 2.32. The summed E-state index contributed by atoms with van der Waals surface area (Å²) >= 11 is 6.28. The van der Waals surface area contributed by atoms with E-state index < -0.39 is 39.3 Å². The van der Waals surface area contributed by atoms with Gasteiger partial charge in [0.1, 0.15) is 24.0 Å². The van der Waals surface area contributed by atoms with Gasteiger partial charge in [-0.15, -0.1) is 0 Å². The number of carbonyl (C=O) groups excluding carboxylic acids is 2. The zero-order valence-corrected chi connectivity index (χ0v) is 22.0. The van der Waals surface area contributed by atoms with Crippen molar-refractivity contribution in [3.05, 3.63) is 63.2 Å². The van der Waals surface area contributed by atoms with Gasteiger partial charge in [-0.25, -0.2) is 8.42 Å². The van der Waals surface area contributed by atoms with Crippen molar-refractivity contribution >= 4 is 44.8 Å². The quantitative estimate of drug-likeness (QED) is 0.322. The Bertz CT molecular complexity index is 1220. The summed E-state index contributed by atoms with van der Waals surface area (Å²) in [4.78, 5) is 38.1. The van der Waals surface area contributed by atoms with Crippen LogP contribution in [0.25, 0.3) is 0 Å². The Morgan fingerprint density at radius 2 is 1.89 bits per heavy atom. The van der Waals surface area contributed by atoms with E-state index in [9.17, 15) is 28.1 Å². The molecule has 2 rings (SSSR count). The van der Waals surface area contributed by atoms with Crippen LogP contribution in [0, 0.1) is 10.1 Å². The summed E-state index contributed by atoms with van der Waals surface area (Å²) in [6.45, 7) is 3.01. The molecule has 36 heavy (non-hydrogen) atoms. The fourth-order valence-corrected chi connectivity index (χ4v) is 4.41. The standard InChI is InChI=1S/C23H29ClN4O7S/c1-5-12-25-23(30)16(2)26(14-17-8-6-7-9-19(17)24)22(29)15-27(36(4,33)34)20-13-18(28(31)32)10-11-21(20)35-3/h6-11,13,16H,5,12,14-15H2,1-4H3,(H,25,30)/t16-/m1/s1. The number of nitrogens with zero attached hydrogens (tertiary/aromatic N) is 3. The molecule has 0 heterocycles. The van der Waals surface area contributed by atoms with Crippen molar-refractivity contribution in [2.45, 2.75) is 32.9 Å². The van der Waals surface area contributed by atoms with Crippen molar-refractivity contribution in [2.75, 3.05) is 30.8 Å². The number of methoxy groups -OCH3 is 1. The van der Waals surface area contributed by atoms with Gasteiger partial charge in [0, 0.05) is 30.2 Å². The summed E-state index contributed by atoms with van der Waals surface area (Å²) in [5.74, 6) is -1.12. The molecule has 0 bridgehead atoms. The maximum Gasteiger partial charge on any atom is 0.271 e. The molecule has 2 aromatic rings. The topological polar surface area (TPSA) is 139 Å². The molecule has 0 aromatic heterocycles. The van der Waals surface area contributed by atoms with Gasteiger partial charge in [-0.2, -0.15) is 0 Å². The van der Waals surface area contributed by atoms with Crippen LogP contribution in [0.3, 0.4) is 0 Å². The molecule has 0 saturated carbocycles. The second-order valence-corrected chi connectivity index (χ2v) is 10.3. The van der Waals surface area contributed by atoms with Crippen molar-refractivity contribution in [3.8, 4) is 5.75 Å². The Morgan fingerprint density at radius 3 is 2.44 bits per heavy atom. The van der Waals surface area contributed by atoms with Gasteiger partial charge in [0.05, 0.1) is 18.3 Å². The molecule has 2 amide bonds. The fraction of sp³-hybridized carbons (Fsp3) is 0.391. The first-order valence-electron chi connectivity index (χ1n) is 11.0. The molecule has 13 heteroatoms. The monoisotopic (exact) mass is 540 g/mol. The first kappa shape index (κ1) is 28.9. The van der Waals surface area contributed by atoms with E-state index in [1.165, 1.54) is 25.0 Å². The molecule has 0 aliphatic heterocycles. The number of nitro groups is 1. The van der Waals surface area contributed by atoms with Crippen molar-refractivity contribution in [3.63, 3.8) is 0 Å². The normalized spacial score (nSPS) is 11.9. The van der Waals surface area contributed by atoms with Gasteiger partial charge in [-0.05, 0) is 31.0 Å². The van der Waals surface area contributed by atoms with E-state index in [1.807, 2.05) is 6.92 Å². The van der Waals surface area contributed by atoms with Gasteiger partial charge in [0.15, 0.2) is 0 Å². The van der Waals surface area contributed by atoms with E-state index in [1.54, 1.807) is 24.3 Å². The number of halogens is 1. The lowest BCUT2D eigenvalue weighted by Crippen LogP contribution is -2.51. The van der Waals surface area contributed by atoms with Crippen LogP contribution in [0.2, 0.25) is 5.02 Å². The van der Waals surface area contributed by atoms with Crippen LogP contribution in [0.4, 0.5) is 11.4 Å². The molecular weight excluding hydrogens is 512 g/mol. The summed E-state index contributed by atoms with van der Waals surface area (Å²) in [7, 11) is -2.83. The lowest BCUT2D eigenvalue weighted by atomic mass is 10.1. The van der Waals surface area contributed by atoms with Crippen LogP contribution in [0.1, 0.15) is 25.8 Å². The number of hydrogen-bond donors (Lipinski definition) is 1. The van der Waals surface area contributed by atoms with Crippen molar-refractivity contribution in [1.82, 2.24) is 10.2 Å². The summed E-state index contributed by atoms with van der Waals surface area (Å²) in [6, 6.07) is 9.23. The number of benzene rings is 2. The number of ether oxygens (including phenoxy) is 1. The molecule has 0 saturated heterocycles. The number of rotatable bonds is 12. The third kappa shape index (κ3) is 7.31.